The fourth-order valence-electron chi connectivity index (χ4n) is 2.10. The van der Waals surface area contributed by atoms with Crippen molar-refractivity contribution in [1.82, 2.24) is 0 Å². The highest BCUT2D eigenvalue weighted by molar-refractivity contribution is 4.92. The van der Waals surface area contributed by atoms with E-state index in [1.165, 1.54) is 7.11 Å². The van der Waals surface area contributed by atoms with Gasteiger partial charge in [0.15, 0.2) is 5.79 Å². The Morgan fingerprint density at radius 1 is 1.47 bits per heavy atom. The van der Waals surface area contributed by atoms with E-state index in [1.807, 2.05) is 0 Å². The maximum atomic E-state index is 9.94. The molecule has 1 unspecified atom stereocenters. The molecule has 4 atom stereocenters. The summed E-state index contributed by atoms with van der Waals surface area (Å²) in [6.45, 7) is 6.94. The average Bonchev–Trinajstić information content (AvgIpc) is 2.55. The van der Waals surface area contributed by atoms with Gasteiger partial charge in [0.1, 0.15) is 18.3 Å². The molecule has 1 rings (SSSR count). The van der Waals surface area contributed by atoms with E-state index >= 15 is 0 Å². The molecular weight excluding hydrogens is 224 g/mol. The first-order chi connectivity index (χ1) is 7.95. The summed E-state index contributed by atoms with van der Waals surface area (Å²) in [6.07, 6.45) is -0.243. The second-order valence-electron chi connectivity index (χ2n) is 4.61. The Morgan fingerprint density at radius 2 is 2.12 bits per heavy atom. The zero-order valence-corrected chi connectivity index (χ0v) is 10.6. The maximum Gasteiger partial charge on any atom is 0.164 e. The van der Waals surface area contributed by atoms with E-state index in [9.17, 15) is 10.2 Å². The summed E-state index contributed by atoms with van der Waals surface area (Å²) >= 11 is 0. The summed E-state index contributed by atoms with van der Waals surface area (Å²) in [7, 11) is 1.50. The SMILES string of the molecule is C=CCC(O)[C@H](OC)[C@H]1OC(C)(C)O[C@H]1CO. The summed E-state index contributed by atoms with van der Waals surface area (Å²) in [5, 5.41) is 19.2. The van der Waals surface area contributed by atoms with Crippen molar-refractivity contribution in [3.63, 3.8) is 0 Å². The predicted molar refractivity (Wildman–Crippen MR) is 62.5 cm³/mol. The molecule has 0 saturated carbocycles. The van der Waals surface area contributed by atoms with Gasteiger partial charge in [-0.25, -0.2) is 0 Å². The summed E-state index contributed by atoms with van der Waals surface area (Å²) in [5.74, 6) is -0.775. The molecule has 1 fully saturated rings. The number of hydrogen-bond acceptors (Lipinski definition) is 5. The van der Waals surface area contributed by atoms with Gasteiger partial charge in [0, 0.05) is 7.11 Å². The number of aliphatic hydroxyl groups is 2. The Hall–Kier alpha value is -0.460. The Kier molecular flexibility index (Phi) is 5.09. The lowest BCUT2D eigenvalue weighted by atomic mass is 10.0. The van der Waals surface area contributed by atoms with E-state index < -0.39 is 30.2 Å². The smallest absolute Gasteiger partial charge is 0.164 e. The number of ether oxygens (including phenoxy) is 3. The van der Waals surface area contributed by atoms with Crippen LogP contribution >= 0.6 is 0 Å². The quantitative estimate of drug-likeness (QED) is 0.666. The lowest BCUT2D eigenvalue weighted by Crippen LogP contribution is -2.45. The second-order valence-corrected chi connectivity index (χ2v) is 4.61. The summed E-state index contributed by atoms with van der Waals surface area (Å²) in [4.78, 5) is 0. The monoisotopic (exact) mass is 246 g/mol. The predicted octanol–water partition coefficient (Wildman–Crippen LogP) is 0.451. The number of methoxy groups -OCH3 is 1. The number of hydrogen-bond donors (Lipinski definition) is 2. The molecule has 1 saturated heterocycles. The minimum atomic E-state index is -0.775. The van der Waals surface area contributed by atoms with Crippen molar-refractivity contribution in [2.45, 2.75) is 50.5 Å². The van der Waals surface area contributed by atoms with Crippen LogP contribution in [0.2, 0.25) is 0 Å². The molecule has 5 nitrogen and oxygen atoms in total. The molecule has 100 valence electrons. The lowest BCUT2D eigenvalue weighted by molar-refractivity contribution is -0.166. The van der Waals surface area contributed by atoms with Gasteiger partial charge < -0.3 is 24.4 Å². The van der Waals surface area contributed by atoms with Crippen LogP contribution in [0.25, 0.3) is 0 Å². The van der Waals surface area contributed by atoms with Crippen molar-refractivity contribution in [3.8, 4) is 0 Å². The molecule has 0 aromatic heterocycles. The molecule has 0 aliphatic carbocycles. The number of rotatable bonds is 6. The van der Waals surface area contributed by atoms with Gasteiger partial charge in [-0.15, -0.1) is 6.58 Å². The van der Waals surface area contributed by atoms with E-state index in [0.29, 0.717) is 6.42 Å². The molecule has 1 aliphatic heterocycles. The van der Waals surface area contributed by atoms with Crippen molar-refractivity contribution in [3.05, 3.63) is 12.7 Å². The molecule has 0 amide bonds. The highest BCUT2D eigenvalue weighted by Gasteiger charge is 2.46. The van der Waals surface area contributed by atoms with Gasteiger partial charge in [-0.2, -0.15) is 0 Å². The van der Waals surface area contributed by atoms with Crippen LogP contribution in [-0.4, -0.2) is 54.1 Å². The van der Waals surface area contributed by atoms with Crippen molar-refractivity contribution in [2.75, 3.05) is 13.7 Å². The average molecular weight is 246 g/mol. The molecule has 1 aliphatic rings. The third kappa shape index (κ3) is 3.50. The first-order valence-electron chi connectivity index (χ1n) is 5.73. The van der Waals surface area contributed by atoms with Crippen LogP contribution in [0.15, 0.2) is 12.7 Å². The molecular formula is C12H22O5. The van der Waals surface area contributed by atoms with Crippen LogP contribution in [0.5, 0.6) is 0 Å². The van der Waals surface area contributed by atoms with Gasteiger partial charge in [-0.05, 0) is 20.3 Å². The van der Waals surface area contributed by atoms with Gasteiger partial charge >= 0.3 is 0 Å². The van der Waals surface area contributed by atoms with Crippen LogP contribution in [0.4, 0.5) is 0 Å². The lowest BCUT2D eigenvalue weighted by Gasteiger charge is -2.28. The fourth-order valence-corrected chi connectivity index (χ4v) is 2.10. The minimum absolute atomic E-state index is 0.172. The Labute approximate surface area is 102 Å². The third-order valence-electron chi connectivity index (χ3n) is 2.78. The second kappa shape index (κ2) is 5.93. The molecule has 0 aromatic carbocycles. The van der Waals surface area contributed by atoms with Crippen LogP contribution < -0.4 is 0 Å². The summed E-state index contributed by atoms with van der Waals surface area (Å²) in [6, 6.07) is 0. The molecule has 0 bridgehead atoms. The highest BCUT2D eigenvalue weighted by atomic mass is 16.8. The molecule has 0 radical (unpaired) electrons. The van der Waals surface area contributed by atoms with Crippen LogP contribution in [0.3, 0.4) is 0 Å². The number of aliphatic hydroxyl groups excluding tert-OH is 2. The topological polar surface area (TPSA) is 68.2 Å². The van der Waals surface area contributed by atoms with Crippen molar-refractivity contribution < 1.29 is 24.4 Å². The van der Waals surface area contributed by atoms with Gasteiger partial charge in [0.2, 0.25) is 0 Å². The van der Waals surface area contributed by atoms with E-state index in [0.717, 1.165) is 0 Å². The molecule has 5 heteroatoms. The van der Waals surface area contributed by atoms with E-state index in [-0.39, 0.29) is 6.61 Å². The zero-order chi connectivity index (χ0) is 13.1. The van der Waals surface area contributed by atoms with E-state index in [1.54, 1.807) is 19.9 Å². The standard InChI is InChI=1S/C12H22O5/c1-5-6-8(14)10(15-4)11-9(7-13)16-12(2,3)17-11/h5,8-11,13-14H,1,6-7H2,2-4H3/t8?,9-,10-,11-/m0/s1. The summed E-state index contributed by atoms with van der Waals surface area (Å²) in [5.41, 5.74) is 0. The highest BCUT2D eigenvalue weighted by Crippen LogP contribution is 2.32. The van der Waals surface area contributed by atoms with Crippen LogP contribution in [-0.2, 0) is 14.2 Å². The van der Waals surface area contributed by atoms with Crippen LogP contribution in [0, 0.1) is 0 Å². The minimum Gasteiger partial charge on any atom is -0.394 e. The maximum absolute atomic E-state index is 9.94. The Balaban J connectivity index is 2.76. The molecule has 17 heavy (non-hydrogen) atoms. The third-order valence-corrected chi connectivity index (χ3v) is 2.78. The largest absolute Gasteiger partial charge is 0.394 e. The molecule has 1 heterocycles. The molecule has 2 N–H and O–H groups in total. The van der Waals surface area contributed by atoms with Crippen molar-refractivity contribution >= 4 is 0 Å². The van der Waals surface area contributed by atoms with E-state index in [4.69, 9.17) is 14.2 Å². The van der Waals surface area contributed by atoms with Gasteiger partial charge in [0.25, 0.3) is 0 Å². The first kappa shape index (κ1) is 14.6. The molecule has 0 spiro atoms. The van der Waals surface area contributed by atoms with Gasteiger partial charge in [-0.1, -0.05) is 6.08 Å². The van der Waals surface area contributed by atoms with Gasteiger partial charge in [-0.3, -0.25) is 0 Å². The fraction of sp³-hybridized carbons (Fsp3) is 0.833. The van der Waals surface area contributed by atoms with Crippen LogP contribution in [0.1, 0.15) is 20.3 Å². The summed E-state index contributed by atoms with van der Waals surface area (Å²) < 4.78 is 16.5. The first-order valence-corrected chi connectivity index (χ1v) is 5.73. The van der Waals surface area contributed by atoms with Gasteiger partial charge in [0.05, 0.1) is 12.7 Å². The van der Waals surface area contributed by atoms with E-state index in [2.05, 4.69) is 6.58 Å². The Morgan fingerprint density at radius 3 is 2.59 bits per heavy atom. The Bertz CT molecular complexity index is 253. The van der Waals surface area contributed by atoms with Crippen molar-refractivity contribution in [1.29, 1.82) is 0 Å². The molecule has 0 aromatic rings. The van der Waals surface area contributed by atoms with Crippen molar-refractivity contribution in [2.24, 2.45) is 0 Å². The normalized spacial score (nSPS) is 31.1. The zero-order valence-electron chi connectivity index (χ0n) is 10.6.